The molecule has 1 aliphatic heterocycles. The van der Waals surface area contributed by atoms with Crippen LogP contribution in [0.15, 0.2) is 0 Å². The zero-order valence-electron chi connectivity index (χ0n) is 9.32. The van der Waals surface area contributed by atoms with Crippen molar-refractivity contribution < 1.29 is 19.4 Å². The summed E-state index contributed by atoms with van der Waals surface area (Å²) in [6.45, 7) is 5.31. The van der Waals surface area contributed by atoms with Crippen LogP contribution in [0.2, 0.25) is 0 Å². The predicted octanol–water partition coefficient (Wildman–Crippen LogP) is 1.47. The van der Waals surface area contributed by atoms with Crippen molar-refractivity contribution in [2.24, 2.45) is 0 Å². The second-order valence-electron chi connectivity index (χ2n) is 4.30. The first-order chi connectivity index (χ1) is 6.84. The number of carboxylic acid groups (broad SMARTS) is 1. The molecule has 1 fully saturated rings. The van der Waals surface area contributed by atoms with Crippen LogP contribution in [0.1, 0.15) is 33.6 Å². The summed E-state index contributed by atoms with van der Waals surface area (Å²) in [7, 11) is 0. The zero-order valence-corrected chi connectivity index (χ0v) is 9.32. The zero-order chi connectivity index (χ0) is 11.6. The van der Waals surface area contributed by atoms with Crippen LogP contribution in [0.25, 0.3) is 0 Å². The van der Waals surface area contributed by atoms with Gasteiger partial charge in [-0.1, -0.05) is 0 Å². The Bertz CT molecular complexity index is 275. The van der Waals surface area contributed by atoms with Crippen molar-refractivity contribution in [2.75, 3.05) is 6.61 Å². The summed E-state index contributed by atoms with van der Waals surface area (Å²) in [5, 5.41) is 9.05. The smallest absolute Gasteiger partial charge is 0.409 e. The van der Waals surface area contributed by atoms with E-state index in [1.165, 1.54) is 11.8 Å². The second kappa shape index (κ2) is 4.18. The number of hydrogen-bond acceptors (Lipinski definition) is 3. The normalized spacial score (nSPS) is 24.2. The molecule has 0 aromatic rings. The molecule has 0 aliphatic carbocycles. The van der Waals surface area contributed by atoms with E-state index in [2.05, 4.69) is 0 Å². The number of rotatable bonds is 3. The van der Waals surface area contributed by atoms with Crippen molar-refractivity contribution in [3.05, 3.63) is 0 Å². The summed E-state index contributed by atoms with van der Waals surface area (Å²) in [5.74, 6) is 0.0741. The Balaban J connectivity index is 2.66. The van der Waals surface area contributed by atoms with E-state index in [0.29, 0.717) is 19.4 Å². The Labute approximate surface area is 89.0 Å². The fourth-order valence-electron chi connectivity index (χ4n) is 1.85. The van der Waals surface area contributed by atoms with Gasteiger partial charge in [-0.3, -0.25) is 4.90 Å². The van der Waals surface area contributed by atoms with Crippen molar-refractivity contribution in [3.63, 3.8) is 0 Å². The standard InChI is InChI=1S/C10H17NO4/c1-7(12)4-5-8-6-15-10(2,3)11(8)9(13)14/h8H,4-6H2,1-3H3,(H,13,14)/t8-/m0/s1. The van der Waals surface area contributed by atoms with E-state index in [1.807, 2.05) is 0 Å². The van der Waals surface area contributed by atoms with Crippen LogP contribution in [-0.2, 0) is 9.53 Å². The van der Waals surface area contributed by atoms with Gasteiger partial charge in [0.1, 0.15) is 11.5 Å². The summed E-state index contributed by atoms with van der Waals surface area (Å²) in [5.41, 5.74) is -0.784. The maximum Gasteiger partial charge on any atom is 0.409 e. The highest BCUT2D eigenvalue weighted by atomic mass is 16.5. The molecule has 0 spiro atoms. The van der Waals surface area contributed by atoms with Crippen LogP contribution in [0.4, 0.5) is 4.79 Å². The average Bonchev–Trinajstić information content (AvgIpc) is 2.37. The van der Waals surface area contributed by atoms with Gasteiger partial charge < -0.3 is 14.6 Å². The third-order valence-electron chi connectivity index (χ3n) is 2.61. The Morgan fingerprint density at radius 1 is 1.53 bits per heavy atom. The predicted molar refractivity (Wildman–Crippen MR) is 53.6 cm³/mol. The van der Waals surface area contributed by atoms with E-state index < -0.39 is 11.8 Å². The number of ketones is 1. The van der Waals surface area contributed by atoms with Crippen LogP contribution in [0.5, 0.6) is 0 Å². The number of carbonyl (C=O) groups is 2. The largest absolute Gasteiger partial charge is 0.465 e. The molecule has 1 atom stereocenters. The first-order valence-corrected chi connectivity index (χ1v) is 5.00. The molecule has 0 aromatic carbocycles. The topological polar surface area (TPSA) is 66.8 Å². The van der Waals surface area contributed by atoms with Gasteiger partial charge in [0.05, 0.1) is 12.6 Å². The van der Waals surface area contributed by atoms with Crippen molar-refractivity contribution in [1.29, 1.82) is 0 Å². The van der Waals surface area contributed by atoms with Crippen LogP contribution in [0, 0.1) is 0 Å². The quantitative estimate of drug-likeness (QED) is 0.774. The molecule has 1 N–H and O–H groups in total. The SMILES string of the molecule is CC(=O)CC[C@H]1COC(C)(C)N1C(=O)O. The van der Waals surface area contributed by atoms with E-state index in [-0.39, 0.29) is 11.8 Å². The number of nitrogens with zero attached hydrogens (tertiary/aromatic N) is 1. The minimum atomic E-state index is -0.994. The Morgan fingerprint density at radius 3 is 2.60 bits per heavy atom. The Kier molecular flexibility index (Phi) is 3.34. The average molecular weight is 215 g/mol. The molecule has 86 valence electrons. The number of Topliss-reactive ketones (excluding diaryl/α,β-unsaturated/α-hetero) is 1. The number of hydrogen-bond donors (Lipinski definition) is 1. The van der Waals surface area contributed by atoms with Crippen LogP contribution < -0.4 is 0 Å². The maximum absolute atomic E-state index is 11.0. The first kappa shape index (κ1) is 12.0. The minimum Gasteiger partial charge on any atom is -0.465 e. The van der Waals surface area contributed by atoms with Gasteiger partial charge in [0.2, 0.25) is 0 Å². The highest BCUT2D eigenvalue weighted by Gasteiger charge is 2.43. The Hall–Kier alpha value is -1.10. The molecule has 1 aliphatic rings. The molecule has 5 heteroatoms. The summed E-state index contributed by atoms with van der Waals surface area (Å²) in [4.78, 5) is 23.2. The molecular weight excluding hydrogens is 198 g/mol. The molecular formula is C10H17NO4. The van der Waals surface area contributed by atoms with Gasteiger partial charge in [0.25, 0.3) is 0 Å². The van der Waals surface area contributed by atoms with Gasteiger partial charge in [-0.2, -0.15) is 0 Å². The van der Waals surface area contributed by atoms with E-state index in [9.17, 15) is 9.59 Å². The van der Waals surface area contributed by atoms with E-state index in [1.54, 1.807) is 13.8 Å². The molecule has 1 rings (SSSR count). The van der Waals surface area contributed by atoms with Gasteiger partial charge in [0, 0.05) is 6.42 Å². The van der Waals surface area contributed by atoms with Crippen LogP contribution in [0.3, 0.4) is 0 Å². The molecule has 0 saturated carbocycles. The molecule has 0 aromatic heterocycles. The molecule has 0 radical (unpaired) electrons. The Morgan fingerprint density at radius 2 is 2.13 bits per heavy atom. The van der Waals surface area contributed by atoms with Crippen molar-refractivity contribution in [2.45, 2.75) is 45.4 Å². The van der Waals surface area contributed by atoms with E-state index >= 15 is 0 Å². The van der Waals surface area contributed by atoms with E-state index in [0.717, 1.165) is 0 Å². The highest BCUT2D eigenvalue weighted by Crippen LogP contribution is 2.29. The fraction of sp³-hybridized carbons (Fsp3) is 0.800. The number of amides is 1. The number of carbonyl (C=O) groups excluding carboxylic acids is 1. The third kappa shape index (κ3) is 2.68. The summed E-state index contributed by atoms with van der Waals surface area (Å²) in [6, 6.07) is -0.207. The monoisotopic (exact) mass is 215 g/mol. The fourth-order valence-corrected chi connectivity index (χ4v) is 1.85. The molecule has 0 unspecified atom stereocenters. The lowest BCUT2D eigenvalue weighted by atomic mass is 10.1. The molecule has 0 bridgehead atoms. The molecule has 5 nitrogen and oxygen atoms in total. The van der Waals surface area contributed by atoms with Gasteiger partial charge in [-0.15, -0.1) is 0 Å². The van der Waals surface area contributed by atoms with Gasteiger partial charge in [0.15, 0.2) is 0 Å². The molecule has 1 amide bonds. The lowest BCUT2D eigenvalue weighted by molar-refractivity contribution is -0.117. The molecule has 1 heterocycles. The molecule has 1 saturated heterocycles. The maximum atomic E-state index is 11.0. The summed E-state index contributed by atoms with van der Waals surface area (Å²) >= 11 is 0. The summed E-state index contributed by atoms with van der Waals surface area (Å²) in [6.07, 6.45) is -0.0649. The molecule has 15 heavy (non-hydrogen) atoms. The van der Waals surface area contributed by atoms with Crippen molar-refractivity contribution in [3.8, 4) is 0 Å². The lowest BCUT2D eigenvalue weighted by Gasteiger charge is -2.30. The van der Waals surface area contributed by atoms with Crippen molar-refractivity contribution in [1.82, 2.24) is 4.90 Å². The lowest BCUT2D eigenvalue weighted by Crippen LogP contribution is -2.47. The van der Waals surface area contributed by atoms with E-state index in [4.69, 9.17) is 9.84 Å². The highest BCUT2D eigenvalue weighted by molar-refractivity contribution is 5.75. The minimum absolute atomic E-state index is 0.0741. The summed E-state index contributed by atoms with van der Waals surface area (Å²) < 4.78 is 5.39. The van der Waals surface area contributed by atoms with Gasteiger partial charge in [-0.05, 0) is 27.2 Å². The third-order valence-corrected chi connectivity index (χ3v) is 2.61. The number of ether oxygens (including phenoxy) is 1. The van der Waals surface area contributed by atoms with Crippen molar-refractivity contribution >= 4 is 11.9 Å². The van der Waals surface area contributed by atoms with Gasteiger partial charge in [-0.25, -0.2) is 4.79 Å². The van der Waals surface area contributed by atoms with Crippen LogP contribution >= 0.6 is 0 Å². The van der Waals surface area contributed by atoms with Gasteiger partial charge >= 0.3 is 6.09 Å². The first-order valence-electron chi connectivity index (χ1n) is 5.00. The van der Waals surface area contributed by atoms with Crippen LogP contribution in [-0.4, -0.2) is 40.3 Å². The second-order valence-corrected chi connectivity index (χ2v) is 4.30.